The number of ether oxygens (including phenoxy) is 1. The first-order valence-corrected chi connectivity index (χ1v) is 7.06. The number of hydrogen-bond donors (Lipinski definition) is 1. The number of aliphatic hydroxyl groups is 1. The van der Waals surface area contributed by atoms with Crippen LogP contribution in [0.15, 0.2) is 58.1 Å². The number of hydrogen-bond acceptors (Lipinski definition) is 3. The van der Waals surface area contributed by atoms with Crippen molar-refractivity contribution in [2.75, 3.05) is 7.11 Å². The van der Waals surface area contributed by atoms with Gasteiger partial charge in [0, 0.05) is 9.38 Å². The number of azide groups is 1. The maximum Gasteiger partial charge on any atom is 0.118 e. The Morgan fingerprint density at radius 2 is 1.67 bits per heavy atom. The second-order valence-electron chi connectivity index (χ2n) is 4.42. The highest BCUT2D eigenvalue weighted by molar-refractivity contribution is 9.10. The fourth-order valence-electron chi connectivity index (χ4n) is 2.01. The molecule has 108 valence electrons. The summed E-state index contributed by atoms with van der Waals surface area (Å²) in [5, 5.41) is 14.2. The quantitative estimate of drug-likeness (QED) is 0.489. The summed E-state index contributed by atoms with van der Waals surface area (Å²) in [6, 6.07) is 13.6. The van der Waals surface area contributed by atoms with Gasteiger partial charge < -0.3 is 9.84 Å². The van der Waals surface area contributed by atoms with Crippen LogP contribution in [-0.2, 0) is 0 Å². The van der Waals surface area contributed by atoms with Crippen molar-refractivity contribution < 1.29 is 9.84 Å². The number of nitrogens with zero attached hydrogens (tertiary/aromatic N) is 3. The number of methoxy groups -OCH3 is 1. The first-order valence-electron chi connectivity index (χ1n) is 6.27. The molecular formula is C15H14BrN3O2. The summed E-state index contributed by atoms with van der Waals surface area (Å²) in [6.07, 6.45) is -0.914. The van der Waals surface area contributed by atoms with Crippen molar-refractivity contribution >= 4 is 15.9 Å². The predicted molar refractivity (Wildman–Crippen MR) is 84.0 cm³/mol. The van der Waals surface area contributed by atoms with Gasteiger partial charge in [-0.3, -0.25) is 0 Å². The van der Waals surface area contributed by atoms with E-state index in [0.29, 0.717) is 11.3 Å². The van der Waals surface area contributed by atoms with Gasteiger partial charge >= 0.3 is 0 Å². The second-order valence-corrected chi connectivity index (χ2v) is 5.33. The van der Waals surface area contributed by atoms with Crippen LogP contribution in [0, 0.1) is 0 Å². The second kappa shape index (κ2) is 7.13. The lowest BCUT2D eigenvalue weighted by atomic mass is 9.96. The molecule has 5 nitrogen and oxygen atoms in total. The molecule has 6 heteroatoms. The minimum Gasteiger partial charge on any atom is -0.497 e. The zero-order valence-corrected chi connectivity index (χ0v) is 12.9. The van der Waals surface area contributed by atoms with Crippen LogP contribution in [0.25, 0.3) is 10.4 Å². The van der Waals surface area contributed by atoms with E-state index < -0.39 is 12.1 Å². The Balaban J connectivity index is 2.32. The molecule has 0 aromatic heterocycles. The molecule has 0 unspecified atom stereocenters. The zero-order chi connectivity index (χ0) is 15.2. The van der Waals surface area contributed by atoms with E-state index in [1.807, 2.05) is 12.1 Å². The number of halogens is 1. The topological polar surface area (TPSA) is 78.2 Å². The molecule has 0 bridgehead atoms. The van der Waals surface area contributed by atoms with Gasteiger partial charge in [-0.05, 0) is 40.9 Å². The van der Waals surface area contributed by atoms with Crippen LogP contribution >= 0.6 is 15.9 Å². The normalized spacial score (nSPS) is 13.1. The third-order valence-corrected chi connectivity index (χ3v) is 3.67. The lowest BCUT2D eigenvalue weighted by Crippen LogP contribution is -2.08. The number of benzene rings is 2. The highest BCUT2D eigenvalue weighted by Crippen LogP contribution is 2.33. The summed E-state index contributed by atoms with van der Waals surface area (Å²) in [7, 11) is 1.58. The molecule has 0 saturated heterocycles. The standard InChI is InChI=1S/C15H14BrN3O2/c1-21-13-8-4-10(5-9-13)14(18-19-17)15(20)11-2-6-12(16)7-3-11/h2-9,14-15,20H,1H3/t14-,15+/m0/s1. The molecule has 0 saturated carbocycles. The minimum absolute atomic E-state index is 0.686. The zero-order valence-electron chi connectivity index (χ0n) is 11.3. The first kappa shape index (κ1) is 15.4. The molecule has 0 fully saturated rings. The van der Waals surface area contributed by atoms with Gasteiger partial charge in [-0.1, -0.05) is 45.3 Å². The lowest BCUT2D eigenvalue weighted by Gasteiger charge is -2.19. The van der Waals surface area contributed by atoms with Crippen LogP contribution in [0.1, 0.15) is 23.3 Å². The number of aliphatic hydroxyl groups excluding tert-OH is 1. The van der Waals surface area contributed by atoms with E-state index in [1.165, 1.54) is 0 Å². The van der Waals surface area contributed by atoms with Gasteiger partial charge in [-0.15, -0.1) is 0 Å². The molecular weight excluding hydrogens is 334 g/mol. The van der Waals surface area contributed by atoms with Crippen molar-refractivity contribution in [2.45, 2.75) is 12.1 Å². The van der Waals surface area contributed by atoms with E-state index in [0.717, 1.165) is 10.0 Å². The van der Waals surface area contributed by atoms with Crippen LogP contribution in [0.3, 0.4) is 0 Å². The van der Waals surface area contributed by atoms with E-state index in [4.69, 9.17) is 10.3 Å². The molecule has 1 N–H and O–H groups in total. The molecule has 2 aromatic carbocycles. The Kier molecular flexibility index (Phi) is 5.22. The first-order chi connectivity index (χ1) is 10.2. The summed E-state index contributed by atoms with van der Waals surface area (Å²) >= 11 is 3.35. The third kappa shape index (κ3) is 3.76. The summed E-state index contributed by atoms with van der Waals surface area (Å²) in [4.78, 5) is 2.84. The Morgan fingerprint density at radius 3 is 2.19 bits per heavy atom. The molecule has 0 aliphatic rings. The van der Waals surface area contributed by atoms with Crippen LogP contribution < -0.4 is 4.74 Å². The Bertz CT molecular complexity index is 637. The van der Waals surface area contributed by atoms with Crippen LogP contribution in [0.5, 0.6) is 5.75 Å². The van der Waals surface area contributed by atoms with E-state index in [1.54, 1.807) is 43.5 Å². The van der Waals surface area contributed by atoms with Crippen molar-refractivity contribution in [3.8, 4) is 5.75 Å². The molecule has 2 atom stereocenters. The number of rotatable bonds is 5. The van der Waals surface area contributed by atoms with Crippen molar-refractivity contribution in [3.63, 3.8) is 0 Å². The summed E-state index contributed by atoms with van der Waals surface area (Å²) in [5.74, 6) is 0.705. The maximum absolute atomic E-state index is 10.5. The van der Waals surface area contributed by atoms with Gasteiger partial charge in [-0.25, -0.2) is 0 Å². The third-order valence-electron chi connectivity index (χ3n) is 3.14. The Hall–Kier alpha value is -2.01. The van der Waals surface area contributed by atoms with Gasteiger partial charge in [0.2, 0.25) is 0 Å². The maximum atomic E-state index is 10.5. The molecule has 2 rings (SSSR count). The van der Waals surface area contributed by atoms with E-state index in [2.05, 4.69) is 26.0 Å². The Morgan fingerprint density at radius 1 is 1.10 bits per heavy atom. The van der Waals surface area contributed by atoms with Gasteiger partial charge in [0.05, 0.1) is 19.3 Å². The van der Waals surface area contributed by atoms with Gasteiger partial charge in [-0.2, -0.15) is 0 Å². The minimum atomic E-state index is -0.914. The fraction of sp³-hybridized carbons (Fsp3) is 0.200. The lowest BCUT2D eigenvalue weighted by molar-refractivity contribution is 0.147. The van der Waals surface area contributed by atoms with Gasteiger partial charge in [0.15, 0.2) is 0 Å². The van der Waals surface area contributed by atoms with Crippen molar-refractivity contribution in [2.24, 2.45) is 5.11 Å². The smallest absolute Gasteiger partial charge is 0.118 e. The highest BCUT2D eigenvalue weighted by atomic mass is 79.9. The van der Waals surface area contributed by atoms with E-state index in [-0.39, 0.29) is 0 Å². The SMILES string of the molecule is COc1ccc([C@H](N=[N+]=[N-])[C@H](O)c2ccc(Br)cc2)cc1. The molecule has 2 aromatic rings. The average molecular weight is 348 g/mol. The Labute approximate surface area is 130 Å². The van der Waals surface area contributed by atoms with Gasteiger partial charge in [0.25, 0.3) is 0 Å². The van der Waals surface area contributed by atoms with E-state index >= 15 is 0 Å². The van der Waals surface area contributed by atoms with Crippen LogP contribution in [-0.4, -0.2) is 12.2 Å². The monoisotopic (exact) mass is 347 g/mol. The molecule has 0 heterocycles. The molecule has 0 aliphatic heterocycles. The highest BCUT2D eigenvalue weighted by Gasteiger charge is 2.21. The summed E-state index contributed by atoms with van der Waals surface area (Å²) < 4.78 is 6.02. The fourth-order valence-corrected chi connectivity index (χ4v) is 2.28. The van der Waals surface area contributed by atoms with Crippen LogP contribution in [0.4, 0.5) is 0 Å². The molecule has 0 amide bonds. The van der Waals surface area contributed by atoms with Crippen LogP contribution in [0.2, 0.25) is 0 Å². The average Bonchev–Trinajstić information content (AvgIpc) is 2.53. The summed E-state index contributed by atoms with van der Waals surface area (Å²) in [6.45, 7) is 0. The molecule has 21 heavy (non-hydrogen) atoms. The van der Waals surface area contributed by atoms with Crippen molar-refractivity contribution in [1.29, 1.82) is 0 Å². The molecule has 0 radical (unpaired) electrons. The van der Waals surface area contributed by atoms with Crippen molar-refractivity contribution in [3.05, 3.63) is 74.6 Å². The summed E-state index contributed by atoms with van der Waals surface area (Å²) in [5.41, 5.74) is 10.2. The van der Waals surface area contributed by atoms with E-state index in [9.17, 15) is 5.11 Å². The van der Waals surface area contributed by atoms with Gasteiger partial charge in [0.1, 0.15) is 5.75 Å². The molecule has 0 aliphatic carbocycles. The largest absolute Gasteiger partial charge is 0.497 e. The van der Waals surface area contributed by atoms with Crippen molar-refractivity contribution in [1.82, 2.24) is 0 Å². The predicted octanol–water partition coefficient (Wildman–Crippen LogP) is 4.54. The molecule has 0 spiro atoms.